The molecule has 0 bridgehead atoms. The molecule has 21 heavy (non-hydrogen) atoms. The second-order valence-corrected chi connectivity index (χ2v) is 6.43. The van der Waals surface area contributed by atoms with Gasteiger partial charge in [-0.15, -0.1) is 0 Å². The van der Waals surface area contributed by atoms with Gasteiger partial charge in [0.1, 0.15) is 11.6 Å². The Morgan fingerprint density at radius 3 is 2.62 bits per heavy atom. The summed E-state index contributed by atoms with van der Waals surface area (Å²) < 4.78 is 25.8. The van der Waals surface area contributed by atoms with E-state index in [0.717, 1.165) is 11.3 Å². The van der Waals surface area contributed by atoms with Crippen molar-refractivity contribution in [1.82, 2.24) is 0 Å². The van der Waals surface area contributed by atoms with Gasteiger partial charge in [0.05, 0.1) is 6.10 Å². The molecule has 116 valence electrons. The number of hydrogen-bond donors (Lipinski definition) is 0. The molecular formula is C16H21FO3S. The molecule has 0 N–H and O–H groups in total. The third-order valence-corrected chi connectivity index (χ3v) is 4.84. The van der Waals surface area contributed by atoms with Crippen LogP contribution in [-0.2, 0) is 14.3 Å². The summed E-state index contributed by atoms with van der Waals surface area (Å²) in [5.74, 6) is -0.765. The van der Waals surface area contributed by atoms with Gasteiger partial charge in [-0.25, -0.2) is 4.39 Å². The molecule has 3 nitrogen and oxygen atoms in total. The monoisotopic (exact) mass is 312 g/mol. The van der Waals surface area contributed by atoms with Crippen LogP contribution in [0.4, 0.5) is 4.39 Å². The van der Waals surface area contributed by atoms with Crippen molar-refractivity contribution in [3.63, 3.8) is 0 Å². The lowest BCUT2D eigenvalue weighted by Gasteiger charge is -2.41. The lowest BCUT2D eigenvalue weighted by atomic mass is 9.91. The molecule has 2 rings (SSSR count). The van der Waals surface area contributed by atoms with E-state index in [1.807, 2.05) is 37.3 Å². The maximum Gasteiger partial charge on any atom is 0.303 e. The molecule has 1 saturated heterocycles. The van der Waals surface area contributed by atoms with Gasteiger partial charge in [-0.3, -0.25) is 4.79 Å². The Hall–Kier alpha value is -1.07. The molecule has 1 heterocycles. The number of esters is 1. The predicted octanol–water partition coefficient (Wildman–Crippen LogP) is 3.82. The highest BCUT2D eigenvalue weighted by Gasteiger charge is 2.45. The van der Waals surface area contributed by atoms with Crippen molar-refractivity contribution in [2.45, 2.75) is 55.9 Å². The zero-order valence-electron chi connectivity index (χ0n) is 12.5. The molecule has 5 unspecified atom stereocenters. The number of hydrogen-bond acceptors (Lipinski definition) is 4. The van der Waals surface area contributed by atoms with Crippen molar-refractivity contribution in [2.75, 3.05) is 0 Å². The number of ether oxygens (including phenoxy) is 2. The van der Waals surface area contributed by atoms with Crippen LogP contribution >= 0.6 is 11.8 Å². The van der Waals surface area contributed by atoms with Crippen LogP contribution in [0.25, 0.3) is 0 Å². The van der Waals surface area contributed by atoms with Crippen molar-refractivity contribution in [2.24, 2.45) is 5.92 Å². The minimum atomic E-state index is -1.21. The Kier molecular flexibility index (Phi) is 5.65. The van der Waals surface area contributed by atoms with E-state index in [1.54, 1.807) is 6.92 Å². The van der Waals surface area contributed by atoms with Crippen molar-refractivity contribution in [1.29, 1.82) is 0 Å². The van der Waals surface area contributed by atoms with Crippen LogP contribution in [0.2, 0.25) is 0 Å². The molecule has 0 radical (unpaired) electrons. The lowest BCUT2D eigenvalue weighted by Crippen LogP contribution is -2.51. The molecule has 0 saturated carbocycles. The average molecular weight is 312 g/mol. The van der Waals surface area contributed by atoms with Gasteiger partial charge in [-0.2, -0.15) is 0 Å². The smallest absolute Gasteiger partial charge is 0.303 e. The van der Waals surface area contributed by atoms with E-state index in [2.05, 4.69) is 0 Å². The number of carbonyl (C=O) groups is 1. The van der Waals surface area contributed by atoms with Crippen LogP contribution in [0, 0.1) is 5.92 Å². The van der Waals surface area contributed by atoms with Gasteiger partial charge in [0.25, 0.3) is 0 Å². The van der Waals surface area contributed by atoms with E-state index in [4.69, 9.17) is 9.47 Å². The fourth-order valence-corrected chi connectivity index (χ4v) is 3.66. The molecule has 5 heteroatoms. The molecule has 1 aliphatic rings. The van der Waals surface area contributed by atoms with Crippen molar-refractivity contribution >= 4 is 17.7 Å². The Morgan fingerprint density at radius 1 is 1.38 bits per heavy atom. The number of rotatable bonds is 4. The SMILES string of the molecule is CCC1OC(Sc2ccccc2)C(OC(C)=O)C(F)C1C. The molecule has 1 aromatic carbocycles. The van der Waals surface area contributed by atoms with Crippen LogP contribution < -0.4 is 0 Å². The summed E-state index contributed by atoms with van der Waals surface area (Å²) >= 11 is 1.40. The van der Waals surface area contributed by atoms with Gasteiger partial charge in [0, 0.05) is 17.7 Å². The fraction of sp³-hybridized carbons (Fsp3) is 0.562. The number of benzene rings is 1. The highest BCUT2D eigenvalue weighted by atomic mass is 32.2. The summed E-state index contributed by atoms with van der Waals surface area (Å²) in [6.07, 6.45) is -1.51. The molecule has 5 atom stereocenters. The topological polar surface area (TPSA) is 35.5 Å². The molecule has 0 amide bonds. The standard InChI is InChI=1S/C16H21FO3S/c1-4-13-10(2)14(17)15(19-11(3)18)16(20-13)21-12-8-6-5-7-9-12/h5-10,13-16H,4H2,1-3H3. The molecule has 1 aliphatic heterocycles. The van der Waals surface area contributed by atoms with Crippen LogP contribution in [0.5, 0.6) is 0 Å². The highest BCUT2D eigenvalue weighted by Crippen LogP contribution is 2.39. The molecular weight excluding hydrogens is 291 g/mol. The first-order valence-electron chi connectivity index (χ1n) is 7.21. The average Bonchev–Trinajstić information content (AvgIpc) is 2.47. The molecule has 0 spiro atoms. The first-order valence-corrected chi connectivity index (χ1v) is 8.09. The Morgan fingerprint density at radius 2 is 2.05 bits per heavy atom. The maximum absolute atomic E-state index is 14.6. The number of alkyl halides is 1. The van der Waals surface area contributed by atoms with Gasteiger partial charge < -0.3 is 9.47 Å². The van der Waals surface area contributed by atoms with Crippen LogP contribution in [0.15, 0.2) is 35.2 Å². The van der Waals surface area contributed by atoms with Crippen LogP contribution in [0.1, 0.15) is 27.2 Å². The Labute approximate surface area is 129 Å². The zero-order chi connectivity index (χ0) is 15.4. The third kappa shape index (κ3) is 3.98. The summed E-state index contributed by atoms with van der Waals surface area (Å²) in [5.41, 5.74) is -0.521. The minimum Gasteiger partial charge on any atom is -0.456 e. The Bertz CT molecular complexity index is 468. The first kappa shape index (κ1) is 16.3. The van der Waals surface area contributed by atoms with Crippen LogP contribution in [0.3, 0.4) is 0 Å². The van der Waals surface area contributed by atoms with Gasteiger partial charge in [-0.1, -0.05) is 43.8 Å². The second-order valence-electron chi connectivity index (χ2n) is 5.26. The molecule has 1 aromatic rings. The summed E-state index contributed by atoms with van der Waals surface area (Å²) in [6.45, 7) is 5.08. The summed E-state index contributed by atoms with van der Waals surface area (Å²) in [5, 5.41) is 0. The van der Waals surface area contributed by atoms with Crippen molar-refractivity contribution < 1.29 is 18.7 Å². The summed E-state index contributed by atoms with van der Waals surface area (Å²) in [4.78, 5) is 12.2. The van der Waals surface area contributed by atoms with Gasteiger partial charge in [0.15, 0.2) is 6.10 Å². The van der Waals surface area contributed by atoms with Crippen LogP contribution in [-0.4, -0.2) is 29.8 Å². The second kappa shape index (κ2) is 7.27. The van der Waals surface area contributed by atoms with E-state index < -0.39 is 23.7 Å². The normalized spacial score (nSPS) is 32.7. The van der Waals surface area contributed by atoms with Crippen molar-refractivity contribution in [3.8, 4) is 0 Å². The van der Waals surface area contributed by atoms with Gasteiger partial charge in [-0.05, 0) is 18.6 Å². The minimum absolute atomic E-state index is 0.159. The number of carbonyl (C=O) groups excluding carboxylic acids is 1. The molecule has 0 aliphatic carbocycles. The Balaban J connectivity index is 2.18. The summed E-state index contributed by atoms with van der Waals surface area (Å²) in [7, 11) is 0. The van der Waals surface area contributed by atoms with Gasteiger partial charge >= 0.3 is 5.97 Å². The van der Waals surface area contributed by atoms with Gasteiger partial charge in [0.2, 0.25) is 0 Å². The predicted molar refractivity (Wildman–Crippen MR) is 80.9 cm³/mol. The molecule has 0 aromatic heterocycles. The van der Waals surface area contributed by atoms with E-state index in [9.17, 15) is 9.18 Å². The van der Waals surface area contributed by atoms with E-state index in [0.29, 0.717) is 0 Å². The molecule has 1 fully saturated rings. The van der Waals surface area contributed by atoms with E-state index in [1.165, 1.54) is 18.7 Å². The first-order chi connectivity index (χ1) is 10.0. The fourth-order valence-electron chi connectivity index (χ4n) is 2.54. The van der Waals surface area contributed by atoms with E-state index in [-0.39, 0.29) is 12.0 Å². The largest absolute Gasteiger partial charge is 0.456 e. The van der Waals surface area contributed by atoms with E-state index >= 15 is 0 Å². The number of halogens is 1. The third-order valence-electron chi connectivity index (χ3n) is 3.68. The lowest BCUT2D eigenvalue weighted by molar-refractivity contribution is -0.181. The summed E-state index contributed by atoms with van der Waals surface area (Å²) in [6, 6.07) is 9.62. The van der Waals surface area contributed by atoms with Crippen molar-refractivity contribution in [3.05, 3.63) is 30.3 Å². The maximum atomic E-state index is 14.6. The quantitative estimate of drug-likeness (QED) is 0.792. The number of thioether (sulfide) groups is 1. The zero-order valence-corrected chi connectivity index (χ0v) is 13.3. The highest BCUT2D eigenvalue weighted by molar-refractivity contribution is 7.99.